The Morgan fingerprint density at radius 2 is 2.20 bits per heavy atom. The van der Waals surface area contributed by atoms with Crippen LogP contribution in [0.25, 0.3) is 0 Å². The van der Waals surface area contributed by atoms with Gasteiger partial charge in [0.15, 0.2) is 5.96 Å². The summed E-state index contributed by atoms with van der Waals surface area (Å²) in [7, 11) is 0. The van der Waals surface area contributed by atoms with E-state index >= 15 is 0 Å². The standard InChI is InChI=1S/C17H27N5O2.HI/c1-13(2)12-20-17(19-8-5-15-4-3-11-24-15)21-14-6-9-22(10-7-14)16(18)23;/h3-4,11,14H,1,5-10,12H2,2H3,(H2,18,23)(H2,19,20,21);1H. The second-order valence-corrected chi connectivity index (χ2v) is 6.12. The van der Waals surface area contributed by atoms with Gasteiger partial charge in [-0.15, -0.1) is 24.0 Å². The van der Waals surface area contributed by atoms with Crippen LogP contribution in [0, 0.1) is 0 Å². The van der Waals surface area contributed by atoms with Gasteiger partial charge in [0, 0.05) is 32.1 Å². The van der Waals surface area contributed by atoms with Crippen molar-refractivity contribution in [2.45, 2.75) is 32.2 Å². The molecule has 2 heterocycles. The minimum absolute atomic E-state index is 0. The SMILES string of the molecule is C=C(C)CN=C(NCCc1ccco1)NC1CCN(C(N)=O)CC1.I. The van der Waals surface area contributed by atoms with Crippen LogP contribution in [-0.2, 0) is 6.42 Å². The zero-order valence-corrected chi connectivity index (χ0v) is 17.0. The van der Waals surface area contributed by atoms with E-state index in [0.717, 1.165) is 43.1 Å². The van der Waals surface area contributed by atoms with Gasteiger partial charge in [0.1, 0.15) is 5.76 Å². The Balaban J connectivity index is 0.00000312. The molecule has 4 N–H and O–H groups in total. The van der Waals surface area contributed by atoms with E-state index in [9.17, 15) is 4.79 Å². The summed E-state index contributed by atoms with van der Waals surface area (Å²) in [6.45, 7) is 8.50. The Morgan fingerprint density at radius 1 is 1.48 bits per heavy atom. The van der Waals surface area contributed by atoms with E-state index in [2.05, 4.69) is 22.2 Å². The van der Waals surface area contributed by atoms with Gasteiger partial charge < -0.3 is 25.7 Å². The molecule has 0 bridgehead atoms. The minimum Gasteiger partial charge on any atom is -0.469 e. The monoisotopic (exact) mass is 461 g/mol. The van der Waals surface area contributed by atoms with E-state index < -0.39 is 0 Å². The third-order valence-corrected chi connectivity index (χ3v) is 3.90. The number of urea groups is 1. The molecule has 0 spiro atoms. The summed E-state index contributed by atoms with van der Waals surface area (Å²) < 4.78 is 5.33. The molecule has 1 aliphatic rings. The fourth-order valence-corrected chi connectivity index (χ4v) is 2.56. The highest BCUT2D eigenvalue weighted by molar-refractivity contribution is 14.0. The van der Waals surface area contributed by atoms with Crippen molar-refractivity contribution in [1.29, 1.82) is 0 Å². The van der Waals surface area contributed by atoms with Gasteiger partial charge in [0.25, 0.3) is 0 Å². The van der Waals surface area contributed by atoms with E-state index in [1.54, 1.807) is 11.2 Å². The molecule has 140 valence electrons. The van der Waals surface area contributed by atoms with Crippen molar-refractivity contribution < 1.29 is 9.21 Å². The number of likely N-dealkylation sites (tertiary alicyclic amines) is 1. The average molecular weight is 461 g/mol. The van der Waals surface area contributed by atoms with Gasteiger partial charge in [-0.05, 0) is 31.9 Å². The van der Waals surface area contributed by atoms with Crippen LogP contribution in [0.3, 0.4) is 0 Å². The van der Waals surface area contributed by atoms with Crippen molar-refractivity contribution >= 4 is 36.0 Å². The van der Waals surface area contributed by atoms with Gasteiger partial charge in [-0.1, -0.05) is 12.2 Å². The summed E-state index contributed by atoms with van der Waals surface area (Å²) in [6.07, 6.45) is 4.18. The molecule has 0 saturated carbocycles. The van der Waals surface area contributed by atoms with Crippen LogP contribution in [0.5, 0.6) is 0 Å². The second kappa shape index (κ2) is 11.0. The van der Waals surface area contributed by atoms with Gasteiger partial charge in [-0.25, -0.2) is 9.79 Å². The first-order chi connectivity index (χ1) is 11.5. The fourth-order valence-electron chi connectivity index (χ4n) is 2.56. The van der Waals surface area contributed by atoms with Crippen molar-refractivity contribution in [3.63, 3.8) is 0 Å². The Morgan fingerprint density at radius 3 is 2.76 bits per heavy atom. The number of halogens is 1. The Hall–Kier alpha value is -1.71. The molecule has 1 fully saturated rings. The van der Waals surface area contributed by atoms with Crippen molar-refractivity contribution in [1.82, 2.24) is 15.5 Å². The number of carbonyl (C=O) groups excluding carboxylic acids is 1. The average Bonchev–Trinajstić information content (AvgIpc) is 3.06. The van der Waals surface area contributed by atoms with Crippen molar-refractivity contribution in [3.8, 4) is 0 Å². The number of aliphatic imine (C=N–C) groups is 1. The third kappa shape index (κ3) is 7.80. The van der Waals surface area contributed by atoms with E-state index in [1.807, 2.05) is 19.1 Å². The summed E-state index contributed by atoms with van der Waals surface area (Å²) >= 11 is 0. The van der Waals surface area contributed by atoms with E-state index in [0.29, 0.717) is 19.6 Å². The number of nitrogens with zero attached hydrogens (tertiary/aromatic N) is 2. The number of piperidine rings is 1. The van der Waals surface area contributed by atoms with Crippen molar-refractivity contribution in [3.05, 3.63) is 36.3 Å². The number of guanidine groups is 1. The third-order valence-electron chi connectivity index (χ3n) is 3.90. The molecule has 2 amide bonds. The number of furan rings is 1. The summed E-state index contributed by atoms with van der Waals surface area (Å²) in [5.41, 5.74) is 6.32. The molecule has 0 aliphatic carbocycles. The number of rotatable bonds is 6. The minimum atomic E-state index is -0.346. The highest BCUT2D eigenvalue weighted by atomic mass is 127. The largest absolute Gasteiger partial charge is 0.469 e. The van der Waals surface area contributed by atoms with Crippen LogP contribution < -0.4 is 16.4 Å². The molecule has 0 unspecified atom stereocenters. The first-order valence-corrected chi connectivity index (χ1v) is 8.30. The van der Waals surface area contributed by atoms with Crippen LogP contribution in [0.2, 0.25) is 0 Å². The molecule has 2 rings (SSSR count). The number of nitrogens with two attached hydrogens (primary N) is 1. The molecule has 1 aromatic rings. The van der Waals surface area contributed by atoms with Gasteiger partial charge in [-0.2, -0.15) is 0 Å². The summed E-state index contributed by atoms with van der Waals surface area (Å²) in [5.74, 6) is 1.71. The Labute approximate surface area is 166 Å². The zero-order chi connectivity index (χ0) is 17.4. The van der Waals surface area contributed by atoms with Gasteiger partial charge in [-0.3, -0.25) is 0 Å². The second-order valence-electron chi connectivity index (χ2n) is 6.12. The van der Waals surface area contributed by atoms with E-state index in [1.165, 1.54) is 0 Å². The lowest BCUT2D eigenvalue weighted by molar-refractivity contribution is 0.188. The lowest BCUT2D eigenvalue weighted by atomic mass is 10.1. The molecule has 1 saturated heterocycles. The zero-order valence-electron chi connectivity index (χ0n) is 14.7. The Kier molecular flexibility index (Phi) is 9.40. The predicted molar refractivity (Wildman–Crippen MR) is 110 cm³/mol. The molecule has 25 heavy (non-hydrogen) atoms. The smallest absolute Gasteiger partial charge is 0.314 e. The molecule has 7 nitrogen and oxygen atoms in total. The highest BCUT2D eigenvalue weighted by Crippen LogP contribution is 2.09. The first kappa shape index (κ1) is 21.3. The predicted octanol–water partition coefficient (Wildman–Crippen LogP) is 2.09. The highest BCUT2D eigenvalue weighted by Gasteiger charge is 2.21. The number of hydrogen-bond acceptors (Lipinski definition) is 3. The summed E-state index contributed by atoms with van der Waals surface area (Å²) in [5, 5.41) is 6.77. The number of carbonyl (C=O) groups is 1. The van der Waals surface area contributed by atoms with Gasteiger partial charge in [0.05, 0.1) is 12.8 Å². The molecular formula is C17H28IN5O2. The van der Waals surface area contributed by atoms with Crippen molar-refractivity contribution in [2.75, 3.05) is 26.2 Å². The lowest BCUT2D eigenvalue weighted by Gasteiger charge is -2.32. The lowest BCUT2D eigenvalue weighted by Crippen LogP contribution is -2.51. The fraction of sp³-hybridized carbons (Fsp3) is 0.529. The maximum absolute atomic E-state index is 11.2. The number of nitrogens with one attached hydrogen (secondary N) is 2. The number of primary amides is 1. The molecule has 0 atom stereocenters. The van der Waals surface area contributed by atoms with Crippen LogP contribution in [0.15, 0.2) is 40.0 Å². The topological polar surface area (TPSA) is 95.9 Å². The van der Waals surface area contributed by atoms with Gasteiger partial charge >= 0.3 is 6.03 Å². The Bertz CT molecular complexity index is 566. The summed E-state index contributed by atoms with van der Waals surface area (Å²) in [4.78, 5) is 17.4. The van der Waals surface area contributed by atoms with Crippen LogP contribution in [0.1, 0.15) is 25.5 Å². The number of hydrogen-bond donors (Lipinski definition) is 3. The van der Waals surface area contributed by atoms with Crippen molar-refractivity contribution in [2.24, 2.45) is 10.7 Å². The van der Waals surface area contributed by atoms with E-state index in [4.69, 9.17) is 10.2 Å². The number of amides is 2. The van der Waals surface area contributed by atoms with Crippen LogP contribution in [-0.4, -0.2) is 49.1 Å². The normalized spacial score (nSPS) is 15.4. The molecule has 8 heteroatoms. The quantitative estimate of drug-likeness (QED) is 0.262. The maximum Gasteiger partial charge on any atom is 0.314 e. The molecule has 1 aliphatic heterocycles. The van der Waals surface area contributed by atoms with Crippen LogP contribution in [0.4, 0.5) is 4.79 Å². The first-order valence-electron chi connectivity index (χ1n) is 8.30. The summed E-state index contributed by atoms with van der Waals surface area (Å²) in [6, 6.07) is 3.77. The van der Waals surface area contributed by atoms with Crippen LogP contribution >= 0.6 is 24.0 Å². The van der Waals surface area contributed by atoms with Gasteiger partial charge in [0.2, 0.25) is 0 Å². The molecule has 1 aromatic heterocycles. The van der Waals surface area contributed by atoms with E-state index in [-0.39, 0.29) is 36.0 Å². The maximum atomic E-state index is 11.2. The molecule has 0 aromatic carbocycles. The molecular weight excluding hydrogens is 433 g/mol. The molecule has 0 radical (unpaired) electrons.